The summed E-state index contributed by atoms with van der Waals surface area (Å²) >= 11 is 1.47. The lowest BCUT2D eigenvalue weighted by Gasteiger charge is -1.94. The number of hydrogen-bond donors (Lipinski definition) is 0. The summed E-state index contributed by atoms with van der Waals surface area (Å²) in [5.41, 5.74) is 1.84. The second kappa shape index (κ2) is 2.58. The Hall–Kier alpha value is -1.40. The Morgan fingerprint density at radius 3 is 3.08 bits per heavy atom. The normalized spacial score (nSPS) is 10.0. The minimum atomic E-state index is 0.709. The molecule has 0 aliphatic carbocycles. The van der Waals surface area contributed by atoms with E-state index in [-0.39, 0.29) is 0 Å². The van der Waals surface area contributed by atoms with E-state index in [1.165, 1.54) is 16.2 Å². The highest BCUT2D eigenvalue weighted by molar-refractivity contribution is 7.13. The van der Waals surface area contributed by atoms with Gasteiger partial charge in [-0.3, -0.25) is 0 Å². The molecule has 0 fully saturated rings. The van der Waals surface area contributed by atoms with E-state index in [1.807, 2.05) is 19.1 Å². The molecular weight excluding hydrogens is 168 g/mol. The van der Waals surface area contributed by atoms with Crippen LogP contribution in [-0.4, -0.2) is 4.37 Å². The van der Waals surface area contributed by atoms with Crippen LogP contribution in [-0.2, 0) is 0 Å². The largest absolute Gasteiger partial charge is 0.200 e. The van der Waals surface area contributed by atoms with Gasteiger partial charge in [0.25, 0.3) is 0 Å². The van der Waals surface area contributed by atoms with Crippen LogP contribution in [0.1, 0.15) is 11.1 Å². The molecule has 0 spiro atoms. The minimum absolute atomic E-state index is 0.709. The van der Waals surface area contributed by atoms with Gasteiger partial charge in [0, 0.05) is 11.6 Å². The maximum absolute atomic E-state index is 8.69. The van der Waals surface area contributed by atoms with Gasteiger partial charge < -0.3 is 0 Å². The lowest BCUT2D eigenvalue weighted by molar-refractivity contribution is 1.47. The summed E-state index contributed by atoms with van der Waals surface area (Å²) in [5, 5.41) is 9.76. The van der Waals surface area contributed by atoms with E-state index in [0.717, 1.165) is 10.9 Å². The van der Waals surface area contributed by atoms with Crippen molar-refractivity contribution >= 4 is 21.6 Å². The molecule has 2 nitrogen and oxygen atoms in total. The maximum atomic E-state index is 8.69. The van der Waals surface area contributed by atoms with Crippen LogP contribution >= 0.6 is 11.5 Å². The Morgan fingerprint density at radius 1 is 1.50 bits per heavy atom. The van der Waals surface area contributed by atoms with Gasteiger partial charge in [-0.25, -0.2) is 0 Å². The molecule has 1 heterocycles. The van der Waals surface area contributed by atoms with Gasteiger partial charge in [-0.1, -0.05) is 0 Å². The Morgan fingerprint density at radius 2 is 2.33 bits per heavy atom. The minimum Gasteiger partial charge on any atom is -0.200 e. The third-order valence-corrected chi connectivity index (χ3v) is 2.72. The van der Waals surface area contributed by atoms with Crippen molar-refractivity contribution in [3.63, 3.8) is 0 Å². The highest BCUT2D eigenvalue weighted by Gasteiger charge is 2.01. The predicted molar refractivity (Wildman–Crippen MR) is 49.1 cm³/mol. The molecule has 58 valence electrons. The molecule has 12 heavy (non-hydrogen) atoms. The van der Waals surface area contributed by atoms with E-state index in [1.54, 1.807) is 6.20 Å². The summed E-state index contributed by atoms with van der Waals surface area (Å²) in [4.78, 5) is 0. The van der Waals surface area contributed by atoms with Crippen LogP contribution in [0.4, 0.5) is 0 Å². The highest BCUT2D eigenvalue weighted by atomic mass is 32.1. The van der Waals surface area contributed by atoms with E-state index < -0.39 is 0 Å². The second-order valence-corrected chi connectivity index (χ2v) is 3.45. The van der Waals surface area contributed by atoms with Gasteiger partial charge in [-0.15, -0.1) is 0 Å². The lowest BCUT2D eigenvalue weighted by atomic mass is 10.1. The number of nitriles is 1. The van der Waals surface area contributed by atoms with Crippen LogP contribution in [0.2, 0.25) is 0 Å². The predicted octanol–water partition coefficient (Wildman–Crippen LogP) is 2.48. The molecule has 2 aromatic rings. The molecule has 1 aromatic carbocycles. The molecule has 0 amide bonds. The van der Waals surface area contributed by atoms with Crippen LogP contribution in [0.25, 0.3) is 10.1 Å². The average Bonchev–Trinajstić information content (AvgIpc) is 2.52. The fraction of sp³-hybridized carbons (Fsp3) is 0.111. The molecule has 0 atom stereocenters. The Bertz CT molecular complexity index is 465. The molecule has 3 heteroatoms. The van der Waals surface area contributed by atoms with Crippen molar-refractivity contribution in [2.45, 2.75) is 6.92 Å². The van der Waals surface area contributed by atoms with Gasteiger partial charge in [0.15, 0.2) is 0 Å². The van der Waals surface area contributed by atoms with E-state index in [4.69, 9.17) is 5.26 Å². The summed E-state index contributed by atoms with van der Waals surface area (Å²) in [6, 6.07) is 5.88. The number of aryl methyl sites for hydroxylation is 1. The SMILES string of the molecule is Cc1cc(C#N)cc2cnsc12. The van der Waals surface area contributed by atoms with Gasteiger partial charge in [-0.2, -0.15) is 9.64 Å². The smallest absolute Gasteiger partial charge is 0.0991 e. The molecule has 0 saturated carbocycles. The van der Waals surface area contributed by atoms with Gasteiger partial charge in [0.2, 0.25) is 0 Å². The zero-order valence-electron chi connectivity index (χ0n) is 6.53. The van der Waals surface area contributed by atoms with Gasteiger partial charge in [0.05, 0.1) is 16.3 Å². The Kier molecular flexibility index (Phi) is 1.56. The molecular formula is C9H6N2S. The van der Waals surface area contributed by atoms with Crippen molar-refractivity contribution in [3.05, 3.63) is 29.5 Å². The molecule has 0 bridgehead atoms. The molecule has 0 aliphatic heterocycles. The zero-order valence-corrected chi connectivity index (χ0v) is 7.35. The molecule has 0 unspecified atom stereocenters. The summed E-state index contributed by atoms with van der Waals surface area (Å²) in [6.45, 7) is 2.00. The summed E-state index contributed by atoms with van der Waals surface area (Å²) < 4.78 is 5.24. The van der Waals surface area contributed by atoms with E-state index in [0.29, 0.717) is 5.56 Å². The van der Waals surface area contributed by atoms with E-state index in [2.05, 4.69) is 10.4 Å². The van der Waals surface area contributed by atoms with Gasteiger partial charge >= 0.3 is 0 Å². The zero-order chi connectivity index (χ0) is 8.55. The van der Waals surface area contributed by atoms with Crippen molar-refractivity contribution < 1.29 is 0 Å². The maximum Gasteiger partial charge on any atom is 0.0991 e. The third-order valence-electron chi connectivity index (χ3n) is 1.77. The van der Waals surface area contributed by atoms with Crippen LogP contribution in [0, 0.1) is 18.3 Å². The molecule has 0 saturated heterocycles. The van der Waals surface area contributed by atoms with E-state index >= 15 is 0 Å². The molecule has 0 aliphatic rings. The second-order valence-electron chi connectivity index (χ2n) is 2.65. The van der Waals surface area contributed by atoms with Crippen LogP contribution in [0.5, 0.6) is 0 Å². The average molecular weight is 174 g/mol. The van der Waals surface area contributed by atoms with Gasteiger partial charge in [-0.05, 0) is 36.2 Å². The summed E-state index contributed by atoms with van der Waals surface area (Å²) in [7, 11) is 0. The van der Waals surface area contributed by atoms with Crippen molar-refractivity contribution in [2.24, 2.45) is 0 Å². The third kappa shape index (κ3) is 0.973. The number of rotatable bonds is 0. The van der Waals surface area contributed by atoms with Crippen molar-refractivity contribution in [2.75, 3.05) is 0 Å². The summed E-state index contributed by atoms with van der Waals surface area (Å²) in [6.07, 6.45) is 1.80. The van der Waals surface area contributed by atoms with Crippen molar-refractivity contribution in [3.8, 4) is 6.07 Å². The number of fused-ring (bicyclic) bond motifs is 1. The first-order chi connectivity index (χ1) is 5.81. The topological polar surface area (TPSA) is 36.7 Å². The standard InChI is InChI=1S/C9H6N2S/c1-6-2-7(4-10)3-8-5-11-12-9(6)8/h2-3,5H,1H3. The fourth-order valence-corrected chi connectivity index (χ4v) is 1.91. The van der Waals surface area contributed by atoms with Crippen molar-refractivity contribution in [1.29, 1.82) is 5.26 Å². The fourth-order valence-electron chi connectivity index (χ4n) is 1.22. The van der Waals surface area contributed by atoms with Gasteiger partial charge in [0.1, 0.15) is 0 Å². The first kappa shape index (κ1) is 7.26. The number of nitrogens with zero attached hydrogens (tertiary/aromatic N) is 2. The quantitative estimate of drug-likeness (QED) is 0.615. The molecule has 2 rings (SSSR count). The monoisotopic (exact) mass is 174 g/mol. The molecule has 0 N–H and O–H groups in total. The van der Waals surface area contributed by atoms with E-state index in [9.17, 15) is 0 Å². The van der Waals surface area contributed by atoms with Crippen molar-refractivity contribution in [1.82, 2.24) is 4.37 Å². The van der Waals surface area contributed by atoms with Crippen LogP contribution in [0.15, 0.2) is 18.3 Å². The number of benzene rings is 1. The lowest BCUT2D eigenvalue weighted by Crippen LogP contribution is -1.76. The highest BCUT2D eigenvalue weighted by Crippen LogP contribution is 2.23. The summed E-state index contributed by atoms with van der Waals surface area (Å²) in [5.74, 6) is 0. The Balaban J connectivity index is 2.86. The first-order valence-corrected chi connectivity index (χ1v) is 4.34. The van der Waals surface area contributed by atoms with Crippen LogP contribution in [0.3, 0.4) is 0 Å². The van der Waals surface area contributed by atoms with Crippen LogP contribution < -0.4 is 0 Å². The molecule has 0 radical (unpaired) electrons. The Labute approximate surface area is 74.2 Å². The molecule has 1 aromatic heterocycles. The number of hydrogen-bond acceptors (Lipinski definition) is 3. The number of aromatic nitrogens is 1. The first-order valence-electron chi connectivity index (χ1n) is 3.56.